The molecule has 122 valence electrons. The number of urea groups is 1. The van der Waals surface area contributed by atoms with Crippen molar-refractivity contribution in [1.82, 2.24) is 10.2 Å². The largest absolute Gasteiger partial charge is 0.334 e. The molecule has 1 aliphatic heterocycles. The zero-order valence-electron chi connectivity index (χ0n) is 13.6. The van der Waals surface area contributed by atoms with E-state index in [2.05, 4.69) is 24.4 Å². The summed E-state index contributed by atoms with van der Waals surface area (Å²) in [5, 5.41) is 2.92. The summed E-state index contributed by atoms with van der Waals surface area (Å²) in [5.41, 5.74) is 4.65. The number of sulfone groups is 1. The SMILES string of the molecule is Cc1cc(C)c(CNC(=O)N2CCS(=O)(=O)CC2C)c(C)c1. The van der Waals surface area contributed by atoms with Crippen LogP contribution in [0.1, 0.15) is 29.2 Å². The lowest BCUT2D eigenvalue weighted by Crippen LogP contribution is -2.53. The first-order valence-corrected chi connectivity index (χ1v) is 9.33. The third-order valence-corrected chi connectivity index (χ3v) is 5.98. The minimum atomic E-state index is -3.01. The van der Waals surface area contributed by atoms with E-state index in [1.54, 1.807) is 11.8 Å². The summed E-state index contributed by atoms with van der Waals surface area (Å²) in [6.45, 7) is 8.64. The number of aryl methyl sites for hydroxylation is 3. The smallest absolute Gasteiger partial charge is 0.317 e. The maximum atomic E-state index is 12.3. The van der Waals surface area contributed by atoms with E-state index in [-0.39, 0.29) is 30.1 Å². The predicted octanol–water partition coefficient (Wildman–Crippen LogP) is 1.94. The molecule has 6 heteroatoms. The van der Waals surface area contributed by atoms with Crippen LogP contribution in [0.25, 0.3) is 0 Å². The van der Waals surface area contributed by atoms with E-state index in [4.69, 9.17) is 0 Å². The van der Waals surface area contributed by atoms with E-state index >= 15 is 0 Å². The number of benzene rings is 1. The molecule has 1 unspecified atom stereocenters. The van der Waals surface area contributed by atoms with Crippen LogP contribution in [-0.2, 0) is 16.4 Å². The molecule has 22 heavy (non-hydrogen) atoms. The summed E-state index contributed by atoms with van der Waals surface area (Å²) in [4.78, 5) is 13.9. The van der Waals surface area contributed by atoms with Crippen LogP contribution in [0.5, 0.6) is 0 Å². The van der Waals surface area contributed by atoms with Gasteiger partial charge >= 0.3 is 6.03 Å². The Balaban J connectivity index is 2.02. The zero-order chi connectivity index (χ0) is 16.5. The van der Waals surface area contributed by atoms with Crippen LogP contribution in [0.2, 0.25) is 0 Å². The van der Waals surface area contributed by atoms with Crippen molar-refractivity contribution in [3.63, 3.8) is 0 Å². The van der Waals surface area contributed by atoms with Crippen molar-refractivity contribution in [1.29, 1.82) is 0 Å². The van der Waals surface area contributed by atoms with Gasteiger partial charge in [0.1, 0.15) is 0 Å². The molecule has 0 aliphatic carbocycles. The lowest BCUT2D eigenvalue weighted by Gasteiger charge is -2.33. The summed E-state index contributed by atoms with van der Waals surface area (Å²) < 4.78 is 23.1. The fourth-order valence-corrected chi connectivity index (χ4v) is 4.61. The molecule has 2 rings (SSSR count). The number of carbonyl (C=O) groups is 1. The fraction of sp³-hybridized carbons (Fsp3) is 0.562. The number of amides is 2. The maximum Gasteiger partial charge on any atom is 0.317 e. The van der Waals surface area contributed by atoms with Crippen molar-refractivity contribution in [2.45, 2.75) is 40.3 Å². The van der Waals surface area contributed by atoms with Gasteiger partial charge in [0.2, 0.25) is 0 Å². The molecule has 1 aromatic carbocycles. The molecule has 1 aliphatic rings. The van der Waals surface area contributed by atoms with Crippen molar-refractivity contribution in [2.24, 2.45) is 0 Å². The molecule has 1 N–H and O–H groups in total. The fourth-order valence-electron chi connectivity index (χ4n) is 3.05. The van der Waals surface area contributed by atoms with Gasteiger partial charge in [0.15, 0.2) is 9.84 Å². The highest BCUT2D eigenvalue weighted by Gasteiger charge is 2.31. The molecule has 0 radical (unpaired) electrons. The van der Waals surface area contributed by atoms with Crippen LogP contribution in [0.3, 0.4) is 0 Å². The van der Waals surface area contributed by atoms with Gasteiger partial charge in [-0.05, 0) is 44.4 Å². The molecule has 0 bridgehead atoms. The minimum absolute atomic E-state index is 0.0447. The summed E-state index contributed by atoms with van der Waals surface area (Å²) in [7, 11) is -3.01. The average Bonchev–Trinajstić information content (AvgIpc) is 2.35. The van der Waals surface area contributed by atoms with E-state index in [1.165, 1.54) is 5.56 Å². The third kappa shape index (κ3) is 3.80. The lowest BCUT2D eigenvalue weighted by molar-refractivity contribution is 0.184. The highest BCUT2D eigenvalue weighted by Crippen LogP contribution is 2.17. The summed E-state index contributed by atoms with van der Waals surface area (Å²) in [5.74, 6) is 0.0936. The van der Waals surface area contributed by atoms with Crippen LogP contribution >= 0.6 is 0 Å². The van der Waals surface area contributed by atoms with Gasteiger partial charge in [-0.1, -0.05) is 17.7 Å². The minimum Gasteiger partial charge on any atom is -0.334 e. The second-order valence-corrected chi connectivity index (χ2v) is 8.42. The number of hydrogen-bond acceptors (Lipinski definition) is 3. The normalized spacial score (nSPS) is 20.7. The molecule has 0 saturated carbocycles. The Kier molecular flexibility index (Phi) is 4.80. The molecule has 5 nitrogen and oxygen atoms in total. The molecule has 1 heterocycles. The average molecular weight is 324 g/mol. The van der Waals surface area contributed by atoms with Crippen LogP contribution < -0.4 is 5.32 Å². The Morgan fingerprint density at radius 1 is 1.27 bits per heavy atom. The quantitative estimate of drug-likeness (QED) is 0.904. The molecule has 0 spiro atoms. The van der Waals surface area contributed by atoms with Crippen LogP contribution in [-0.4, -0.2) is 43.4 Å². The predicted molar refractivity (Wildman–Crippen MR) is 87.7 cm³/mol. The molecular formula is C16H24N2O3S. The standard InChI is InChI=1S/C16H24N2O3S/c1-11-7-12(2)15(13(3)8-11)9-17-16(19)18-5-6-22(20,21)10-14(18)4/h7-8,14H,5-6,9-10H2,1-4H3,(H,17,19). The van der Waals surface area contributed by atoms with Crippen molar-refractivity contribution < 1.29 is 13.2 Å². The van der Waals surface area contributed by atoms with Gasteiger partial charge in [0.05, 0.1) is 11.5 Å². The van der Waals surface area contributed by atoms with E-state index in [0.29, 0.717) is 6.54 Å². The van der Waals surface area contributed by atoms with Gasteiger partial charge in [-0.3, -0.25) is 0 Å². The number of nitrogens with zero attached hydrogens (tertiary/aromatic N) is 1. The highest BCUT2D eigenvalue weighted by atomic mass is 32.2. The number of hydrogen-bond donors (Lipinski definition) is 1. The number of rotatable bonds is 2. The third-order valence-electron chi connectivity index (χ3n) is 4.19. The molecule has 0 aromatic heterocycles. The van der Waals surface area contributed by atoms with Gasteiger partial charge in [-0.25, -0.2) is 13.2 Å². The first-order chi connectivity index (χ1) is 10.2. The molecule has 1 fully saturated rings. The second kappa shape index (κ2) is 6.28. The van der Waals surface area contributed by atoms with Crippen LogP contribution in [0.4, 0.5) is 4.79 Å². The van der Waals surface area contributed by atoms with Crippen molar-refractivity contribution in [2.75, 3.05) is 18.1 Å². The van der Waals surface area contributed by atoms with Crippen LogP contribution in [0, 0.1) is 20.8 Å². The Bertz CT molecular complexity index is 660. The van der Waals surface area contributed by atoms with E-state index in [1.807, 2.05) is 13.8 Å². The molecule has 1 saturated heterocycles. The molecule has 1 aromatic rings. The molecule has 1 atom stereocenters. The summed E-state index contributed by atoms with van der Waals surface area (Å²) in [6, 6.07) is 3.73. The molecular weight excluding hydrogens is 300 g/mol. The Labute approximate surface area is 132 Å². The van der Waals surface area contributed by atoms with Crippen molar-refractivity contribution in [3.05, 3.63) is 34.4 Å². The van der Waals surface area contributed by atoms with Crippen molar-refractivity contribution in [3.8, 4) is 0 Å². The van der Waals surface area contributed by atoms with Crippen LogP contribution in [0.15, 0.2) is 12.1 Å². The first kappa shape index (κ1) is 16.8. The van der Waals surface area contributed by atoms with Gasteiger partial charge in [-0.15, -0.1) is 0 Å². The maximum absolute atomic E-state index is 12.3. The Morgan fingerprint density at radius 2 is 1.86 bits per heavy atom. The zero-order valence-corrected chi connectivity index (χ0v) is 14.5. The van der Waals surface area contributed by atoms with E-state index in [0.717, 1.165) is 16.7 Å². The summed E-state index contributed by atoms with van der Waals surface area (Å²) in [6.07, 6.45) is 0. The van der Waals surface area contributed by atoms with E-state index in [9.17, 15) is 13.2 Å². The topological polar surface area (TPSA) is 66.5 Å². The lowest BCUT2D eigenvalue weighted by atomic mass is 10.00. The monoisotopic (exact) mass is 324 g/mol. The van der Waals surface area contributed by atoms with Gasteiger partial charge in [0.25, 0.3) is 0 Å². The van der Waals surface area contributed by atoms with Gasteiger partial charge in [0, 0.05) is 19.1 Å². The first-order valence-electron chi connectivity index (χ1n) is 7.51. The van der Waals surface area contributed by atoms with Gasteiger partial charge in [-0.2, -0.15) is 0 Å². The van der Waals surface area contributed by atoms with Gasteiger partial charge < -0.3 is 10.2 Å². The number of nitrogens with one attached hydrogen (secondary N) is 1. The van der Waals surface area contributed by atoms with E-state index < -0.39 is 9.84 Å². The Hall–Kier alpha value is -1.56. The highest BCUT2D eigenvalue weighted by molar-refractivity contribution is 7.91. The van der Waals surface area contributed by atoms with Crippen molar-refractivity contribution >= 4 is 15.9 Å². The molecule has 2 amide bonds. The summed E-state index contributed by atoms with van der Waals surface area (Å²) >= 11 is 0. The Morgan fingerprint density at radius 3 is 2.41 bits per heavy atom. The second-order valence-electron chi connectivity index (χ2n) is 6.19. The number of carbonyl (C=O) groups excluding carboxylic acids is 1.